The molecule has 0 radical (unpaired) electrons. The monoisotopic (exact) mass is 292 g/mol. The summed E-state index contributed by atoms with van der Waals surface area (Å²) in [6, 6.07) is 16.9. The molecule has 0 aliphatic heterocycles. The molecule has 1 N–H and O–H groups in total. The van der Waals surface area contributed by atoms with Gasteiger partial charge in [0.1, 0.15) is 0 Å². The Kier molecular flexibility index (Phi) is 3.82. The van der Waals surface area contributed by atoms with E-state index in [-0.39, 0.29) is 5.56 Å². The van der Waals surface area contributed by atoms with Crippen LogP contribution in [0.3, 0.4) is 0 Å². The van der Waals surface area contributed by atoms with E-state index in [1.165, 1.54) is 5.56 Å². The first-order chi connectivity index (χ1) is 10.6. The first kappa shape index (κ1) is 14.5. The fourth-order valence-electron chi connectivity index (χ4n) is 2.61. The van der Waals surface area contributed by atoms with Gasteiger partial charge in [-0.05, 0) is 55.2 Å². The Morgan fingerprint density at radius 1 is 0.955 bits per heavy atom. The maximum Gasteiger partial charge on any atom is 0.255 e. The van der Waals surface area contributed by atoms with Crippen molar-refractivity contribution in [2.24, 2.45) is 0 Å². The first-order valence-corrected chi connectivity index (χ1v) is 7.44. The minimum Gasteiger partial charge on any atom is -0.329 e. The zero-order valence-electron chi connectivity index (χ0n) is 13.1. The number of nitrogens with one attached hydrogen (secondary N) is 1. The minimum absolute atomic E-state index is 0.0443. The summed E-state index contributed by atoms with van der Waals surface area (Å²) in [4.78, 5) is 16.8. The molecular weight excluding hydrogens is 272 g/mol. The summed E-state index contributed by atoms with van der Waals surface area (Å²) in [6.45, 7) is 2.19. The fourth-order valence-corrected chi connectivity index (χ4v) is 2.61. The molecule has 0 fully saturated rings. The molecule has 0 aliphatic rings. The highest BCUT2D eigenvalue weighted by Gasteiger charge is 2.08. The summed E-state index contributed by atoms with van der Waals surface area (Å²) < 4.78 is 0. The molecule has 1 aromatic heterocycles. The van der Waals surface area contributed by atoms with Crippen LogP contribution in [-0.4, -0.2) is 24.0 Å². The molecule has 1 heterocycles. The van der Waals surface area contributed by atoms with Crippen molar-refractivity contribution in [3.63, 3.8) is 0 Å². The highest BCUT2D eigenvalue weighted by atomic mass is 16.1. The van der Waals surface area contributed by atoms with Gasteiger partial charge in [0.2, 0.25) is 0 Å². The van der Waals surface area contributed by atoms with Crippen LogP contribution in [0.15, 0.2) is 59.5 Å². The number of benzene rings is 2. The maximum absolute atomic E-state index is 11.9. The lowest BCUT2D eigenvalue weighted by Crippen LogP contribution is -2.16. The number of H-pyrrole nitrogens is 1. The van der Waals surface area contributed by atoms with Crippen molar-refractivity contribution in [3.8, 4) is 11.1 Å². The highest BCUT2D eigenvalue weighted by molar-refractivity contribution is 5.86. The molecule has 0 saturated heterocycles. The van der Waals surface area contributed by atoms with Crippen molar-refractivity contribution in [1.29, 1.82) is 0 Å². The lowest BCUT2D eigenvalue weighted by atomic mass is 9.99. The normalized spacial score (nSPS) is 12.7. The van der Waals surface area contributed by atoms with Gasteiger partial charge in [-0.2, -0.15) is 0 Å². The lowest BCUT2D eigenvalue weighted by molar-refractivity contribution is 0.321. The van der Waals surface area contributed by atoms with Gasteiger partial charge in [-0.15, -0.1) is 0 Å². The van der Waals surface area contributed by atoms with Gasteiger partial charge in [-0.25, -0.2) is 0 Å². The van der Waals surface area contributed by atoms with E-state index in [2.05, 4.69) is 61.2 Å². The fraction of sp³-hybridized carbons (Fsp3) is 0.211. The summed E-state index contributed by atoms with van der Waals surface area (Å²) in [5.41, 5.74) is 3.43. The molecule has 0 bridgehead atoms. The smallest absolute Gasteiger partial charge is 0.255 e. The van der Waals surface area contributed by atoms with Crippen LogP contribution in [0.4, 0.5) is 0 Å². The van der Waals surface area contributed by atoms with Crippen molar-refractivity contribution in [1.82, 2.24) is 9.88 Å². The van der Waals surface area contributed by atoms with E-state index in [0.29, 0.717) is 6.04 Å². The van der Waals surface area contributed by atoms with Gasteiger partial charge >= 0.3 is 0 Å². The molecule has 1 unspecified atom stereocenters. The Bertz CT molecular complexity index is 847. The van der Waals surface area contributed by atoms with Gasteiger partial charge < -0.3 is 9.88 Å². The quantitative estimate of drug-likeness (QED) is 0.796. The molecule has 3 heteroatoms. The molecule has 112 valence electrons. The van der Waals surface area contributed by atoms with E-state index in [1.54, 1.807) is 6.20 Å². The van der Waals surface area contributed by atoms with Gasteiger partial charge in [-0.1, -0.05) is 36.4 Å². The first-order valence-electron chi connectivity index (χ1n) is 7.44. The second-order valence-electron chi connectivity index (χ2n) is 5.87. The molecule has 3 aromatic rings. The molecule has 3 rings (SSSR count). The van der Waals surface area contributed by atoms with Gasteiger partial charge in [0.15, 0.2) is 0 Å². The van der Waals surface area contributed by atoms with E-state index >= 15 is 0 Å². The van der Waals surface area contributed by atoms with Crippen molar-refractivity contribution < 1.29 is 0 Å². The van der Waals surface area contributed by atoms with Crippen molar-refractivity contribution in [2.75, 3.05) is 14.1 Å². The SMILES string of the molecule is CC(c1ccc(-c2ccc3cc[nH]c(=O)c3c2)cc1)N(C)C. The number of aromatic nitrogens is 1. The van der Waals surface area contributed by atoms with Crippen LogP contribution in [0, 0.1) is 0 Å². The summed E-state index contributed by atoms with van der Waals surface area (Å²) in [7, 11) is 4.16. The molecule has 0 spiro atoms. The topological polar surface area (TPSA) is 36.1 Å². The predicted octanol–water partition coefficient (Wildman–Crippen LogP) is 3.82. The molecule has 1 atom stereocenters. The predicted molar refractivity (Wildman–Crippen MR) is 92.1 cm³/mol. The average Bonchev–Trinajstić information content (AvgIpc) is 2.54. The van der Waals surface area contributed by atoms with Gasteiger partial charge in [0, 0.05) is 17.6 Å². The number of aromatic amines is 1. The van der Waals surface area contributed by atoms with E-state index in [1.807, 2.05) is 18.2 Å². The molecular formula is C19H20N2O. The molecule has 0 amide bonds. The Morgan fingerprint density at radius 2 is 1.64 bits per heavy atom. The maximum atomic E-state index is 11.9. The molecule has 2 aromatic carbocycles. The van der Waals surface area contributed by atoms with Crippen LogP contribution in [0.25, 0.3) is 21.9 Å². The number of fused-ring (bicyclic) bond motifs is 1. The minimum atomic E-state index is -0.0443. The second kappa shape index (κ2) is 5.78. The van der Waals surface area contributed by atoms with Gasteiger partial charge in [0.05, 0.1) is 0 Å². The van der Waals surface area contributed by atoms with Crippen LogP contribution in [0.5, 0.6) is 0 Å². The molecule has 0 aliphatic carbocycles. The summed E-state index contributed by atoms with van der Waals surface area (Å²) in [5, 5.41) is 1.69. The van der Waals surface area contributed by atoms with E-state index < -0.39 is 0 Å². The van der Waals surface area contributed by atoms with Gasteiger partial charge in [-0.3, -0.25) is 4.79 Å². The Hall–Kier alpha value is -2.39. The third-order valence-electron chi connectivity index (χ3n) is 4.28. The van der Waals surface area contributed by atoms with E-state index in [4.69, 9.17) is 0 Å². The third-order valence-corrected chi connectivity index (χ3v) is 4.28. The Morgan fingerprint density at radius 3 is 2.32 bits per heavy atom. The standard InChI is InChI=1S/C19H20N2O/c1-13(21(2)3)14-4-6-15(7-5-14)17-9-8-16-10-11-20-19(22)18(16)12-17/h4-13H,1-3H3,(H,20,22). The van der Waals surface area contributed by atoms with E-state index in [9.17, 15) is 4.79 Å². The van der Waals surface area contributed by atoms with Gasteiger partial charge in [0.25, 0.3) is 5.56 Å². The second-order valence-corrected chi connectivity index (χ2v) is 5.87. The summed E-state index contributed by atoms with van der Waals surface area (Å²) in [5.74, 6) is 0. The van der Waals surface area contributed by atoms with Crippen molar-refractivity contribution in [2.45, 2.75) is 13.0 Å². The van der Waals surface area contributed by atoms with Crippen LogP contribution >= 0.6 is 0 Å². The zero-order valence-corrected chi connectivity index (χ0v) is 13.1. The largest absolute Gasteiger partial charge is 0.329 e. The third kappa shape index (κ3) is 2.68. The Balaban J connectivity index is 2.01. The number of hydrogen-bond donors (Lipinski definition) is 1. The Labute approximate surface area is 130 Å². The van der Waals surface area contributed by atoms with Crippen LogP contribution < -0.4 is 5.56 Å². The number of pyridine rings is 1. The van der Waals surface area contributed by atoms with E-state index in [0.717, 1.165) is 21.9 Å². The van der Waals surface area contributed by atoms with Crippen LogP contribution in [-0.2, 0) is 0 Å². The molecule has 22 heavy (non-hydrogen) atoms. The van der Waals surface area contributed by atoms with Crippen molar-refractivity contribution in [3.05, 3.63) is 70.6 Å². The number of rotatable bonds is 3. The number of nitrogens with zero attached hydrogens (tertiary/aromatic N) is 1. The highest BCUT2D eigenvalue weighted by Crippen LogP contribution is 2.25. The van der Waals surface area contributed by atoms with Crippen LogP contribution in [0.1, 0.15) is 18.5 Å². The van der Waals surface area contributed by atoms with Crippen LogP contribution in [0.2, 0.25) is 0 Å². The molecule has 0 saturated carbocycles. The van der Waals surface area contributed by atoms with Crippen molar-refractivity contribution >= 4 is 10.8 Å². The lowest BCUT2D eigenvalue weighted by Gasteiger charge is -2.20. The average molecular weight is 292 g/mol. The number of hydrogen-bond acceptors (Lipinski definition) is 2. The summed E-state index contributed by atoms with van der Waals surface area (Å²) in [6.07, 6.45) is 1.68. The summed E-state index contributed by atoms with van der Waals surface area (Å²) >= 11 is 0. The molecule has 3 nitrogen and oxygen atoms in total. The zero-order chi connectivity index (χ0) is 15.7.